The standard InChI is InChI=1S/C21H15ClF2N2O/c1-12-21(13-2-5-15(22)6-3-13)25-19-9-4-14(10-26(12)19)16-7-8-18(23)17(11-27)20(16)24/h2-10,27H,11H2,1H3. The molecule has 0 saturated carbocycles. The molecule has 1 N–H and O–H groups in total. The number of fused-ring (bicyclic) bond motifs is 1. The molecule has 0 saturated heterocycles. The summed E-state index contributed by atoms with van der Waals surface area (Å²) in [5.41, 5.74) is 3.79. The molecule has 2 aromatic carbocycles. The molecule has 136 valence electrons. The average molecular weight is 385 g/mol. The van der Waals surface area contributed by atoms with E-state index in [0.29, 0.717) is 16.2 Å². The number of aromatic nitrogens is 2. The van der Waals surface area contributed by atoms with Gasteiger partial charge in [-0.25, -0.2) is 13.8 Å². The van der Waals surface area contributed by atoms with E-state index in [1.165, 1.54) is 6.07 Å². The third-order valence-corrected chi connectivity index (χ3v) is 4.88. The molecule has 0 radical (unpaired) electrons. The molecule has 0 bridgehead atoms. The van der Waals surface area contributed by atoms with Gasteiger partial charge in [0.15, 0.2) is 0 Å². The van der Waals surface area contributed by atoms with Crippen LogP contribution >= 0.6 is 11.6 Å². The predicted molar refractivity (Wildman–Crippen MR) is 102 cm³/mol. The number of pyridine rings is 1. The van der Waals surface area contributed by atoms with Crippen molar-refractivity contribution in [1.29, 1.82) is 0 Å². The van der Waals surface area contributed by atoms with E-state index < -0.39 is 18.2 Å². The Morgan fingerprint density at radius 3 is 2.41 bits per heavy atom. The third-order valence-electron chi connectivity index (χ3n) is 4.63. The highest BCUT2D eigenvalue weighted by Crippen LogP contribution is 2.30. The maximum absolute atomic E-state index is 14.6. The van der Waals surface area contributed by atoms with E-state index in [2.05, 4.69) is 4.98 Å². The van der Waals surface area contributed by atoms with Gasteiger partial charge in [-0.3, -0.25) is 0 Å². The van der Waals surface area contributed by atoms with Gasteiger partial charge >= 0.3 is 0 Å². The van der Waals surface area contributed by atoms with Crippen LogP contribution in [0.4, 0.5) is 8.78 Å². The van der Waals surface area contributed by atoms with Gasteiger partial charge in [0.1, 0.15) is 17.3 Å². The molecule has 0 atom stereocenters. The van der Waals surface area contributed by atoms with Gasteiger partial charge in [-0.05, 0) is 43.3 Å². The Morgan fingerprint density at radius 2 is 1.70 bits per heavy atom. The summed E-state index contributed by atoms with van der Waals surface area (Å²) in [7, 11) is 0. The van der Waals surface area contributed by atoms with Gasteiger partial charge in [-0.2, -0.15) is 0 Å². The van der Waals surface area contributed by atoms with Crippen LogP contribution in [-0.4, -0.2) is 14.5 Å². The lowest BCUT2D eigenvalue weighted by atomic mass is 10.0. The predicted octanol–water partition coefficient (Wildman–Crippen LogP) is 5.40. The van der Waals surface area contributed by atoms with E-state index in [1.54, 1.807) is 30.5 Å². The molecule has 6 heteroatoms. The summed E-state index contributed by atoms with van der Waals surface area (Å²) < 4.78 is 30.1. The number of hydrogen-bond acceptors (Lipinski definition) is 2. The van der Waals surface area contributed by atoms with E-state index in [4.69, 9.17) is 11.6 Å². The topological polar surface area (TPSA) is 37.5 Å². The summed E-state index contributed by atoms with van der Waals surface area (Å²) in [5, 5.41) is 9.88. The number of aryl methyl sites for hydroxylation is 1. The molecule has 0 aliphatic rings. The fourth-order valence-electron chi connectivity index (χ4n) is 3.17. The van der Waals surface area contributed by atoms with Crippen molar-refractivity contribution in [2.45, 2.75) is 13.5 Å². The van der Waals surface area contributed by atoms with Crippen molar-refractivity contribution in [3.05, 3.63) is 82.6 Å². The largest absolute Gasteiger partial charge is 0.391 e. The van der Waals surface area contributed by atoms with E-state index in [1.807, 2.05) is 23.5 Å². The van der Waals surface area contributed by atoms with Crippen molar-refractivity contribution in [1.82, 2.24) is 9.38 Å². The zero-order chi connectivity index (χ0) is 19.1. The Hall–Kier alpha value is -2.76. The zero-order valence-electron chi connectivity index (χ0n) is 14.4. The maximum Gasteiger partial charge on any atom is 0.139 e. The van der Waals surface area contributed by atoms with Crippen LogP contribution in [0.15, 0.2) is 54.7 Å². The van der Waals surface area contributed by atoms with Gasteiger partial charge in [0.05, 0.1) is 12.3 Å². The van der Waals surface area contributed by atoms with Crippen LogP contribution in [0.2, 0.25) is 5.02 Å². The van der Waals surface area contributed by atoms with Crippen LogP contribution in [-0.2, 0) is 6.61 Å². The number of aliphatic hydroxyl groups is 1. The monoisotopic (exact) mass is 384 g/mol. The van der Waals surface area contributed by atoms with Crippen LogP contribution < -0.4 is 0 Å². The van der Waals surface area contributed by atoms with Crippen molar-refractivity contribution >= 4 is 17.2 Å². The second-order valence-corrected chi connectivity index (χ2v) is 6.68. The fourth-order valence-corrected chi connectivity index (χ4v) is 3.29. The summed E-state index contributed by atoms with van der Waals surface area (Å²) in [6, 6.07) is 13.4. The second kappa shape index (κ2) is 6.76. The minimum absolute atomic E-state index is 0.225. The van der Waals surface area contributed by atoms with Crippen molar-refractivity contribution in [3.8, 4) is 22.4 Å². The first-order chi connectivity index (χ1) is 13.0. The quantitative estimate of drug-likeness (QED) is 0.513. The minimum Gasteiger partial charge on any atom is -0.391 e. The summed E-state index contributed by atoms with van der Waals surface area (Å²) >= 11 is 5.95. The molecular formula is C21H15ClF2N2O. The first-order valence-corrected chi connectivity index (χ1v) is 8.70. The second-order valence-electron chi connectivity index (χ2n) is 6.24. The van der Waals surface area contributed by atoms with Crippen LogP contribution in [0.25, 0.3) is 28.0 Å². The van der Waals surface area contributed by atoms with Crippen LogP contribution in [0.1, 0.15) is 11.3 Å². The van der Waals surface area contributed by atoms with Crippen LogP contribution in [0.3, 0.4) is 0 Å². The summed E-state index contributed by atoms with van der Waals surface area (Å²) in [4.78, 5) is 4.64. The number of aliphatic hydroxyl groups excluding tert-OH is 1. The summed E-state index contributed by atoms with van der Waals surface area (Å²) in [5.74, 6) is -1.52. The van der Waals surface area contributed by atoms with Gasteiger partial charge in [0.25, 0.3) is 0 Å². The van der Waals surface area contributed by atoms with Gasteiger partial charge in [0.2, 0.25) is 0 Å². The number of hydrogen-bond donors (Lipinski definition) is 1. The van der Waals surface area contributed by atoms with E-state index in [9.17, 15) is 13.9 Å². The van der Waals surface area contributed by atoms with E-state index in [-0.39, 0.29) is 11.1 Å². The molecule has 27 heavy (non-hydrogen) atoms. The highest BCUT2D eigenvalue weighted by molar-refractivity contribution is 6.30. The van der Waals surface area contributed by atoms with Crippen molar-refractivity contribution in [2.24, 2.45) is 0 Å². The normalized spacial score (nSPS) is 11.3. The van der Waals surface area contributed by atoms with Crippen LogP contribution in [0.5, 0.6) is 0 Å². The average Bonchev–Trinajstić information content (AvgIpc) is 2.99. The lowest BCUT2D eigenvalue weighted by Gasteiger charge is -2.09. The molecule has 0 amide bonds. The lowest BCUT2D eigenvalue weighted by Crippen LogP contribution is -1.99. The molecule has 0 aliphatic carbocycles. The maximum atomic E-state index is 14.6. The Bertz CT molecular complexity index is 1150. The van der Waals surface area contributed by atoms with Crippen molar-refractivity contribution in [2.75, 3.05) is 0 Å². The molecule has 2 heterocycles. The highest BCUT2D eigenvalue weighted by atomic mass is 35.5. The number of benzene rings is 2. The number of imidazole rings is 1. The molecule has 4 rings (SSSR count). The van der Waals surface area contributed by atoms with E-state index >= 15 is 0 Å². The fraction of sp³-hybridized carbons (Fsp3) is 0.0952. The molecule has 4 aromatic rings. The Labute approximate surface area is 159 Å². The number of rotatable bonds is 3. The minimum atomic E-state index is -0.760. The molecule has 0 aliphatic heterocycles. The highest BCUT2D eigenvalue weighted by Gasteiger charge is 2.16. The Balaban J connectivity index is 1.86. The number of halogens is 3. The summed E-state index contributed by atoms with van der Waals surface area (Å²) in [6.07, 6.45) is 1.76. The molecular weight excluding hydrogens is 370 g/mol. The zero-order valence-corrected chi connectivity index (χ0v) is 15.1. The van der Waals surface area contributed by atoms with Gasteiger partial charge in [0, 0.05) is 39.2 Å². The van der Waals surface area contributed by atoms with Crippen LogP contribution in [0, 0.1) is 18.6 Å². The molecule has 3 nitrogen and oxygen atoms in total. The Morgan fingerprint density at radius 1 is 1.00 bits per heavy atom. The number of nitrogens with zero attached hydrogens (tertiary/aromatic N) is 2. The van der Waals surface area contributed by atoms with Gasteiger partial charge < -0.3 is 9.51 Å². The SMILES string of the molecule is Cc1c(-c2ccc(Cl)cc2)nc2ccc(-c3ccc(F)c(CO)c3F)cn12. The molecule has 0 fully saturated rings. The molecule has 2 aromatic heterocycles. The lowest BCUT2D eigenvalue weighted by molar-refractivity contribution is 0.269. The molecule has 0 spiro atoms. The van der Waals surface area contributed by atoms with Crippen molar-refractivity contribution in [3.63, 3.8) is 0 Å². The first-order valence-electron chi connectivity index (χ1n) is 8.32. The molecule has 0 unspecified atom stereocenters. The Kier molecular flexibility index (Phi) is 4.42. The smallest absolute Gasteiger partial charge is 0.139 e. The van der Waals surface area contributed by atoms with E-state index in [0.717, 1.165) is 23.0 Å². The van der Waals surface area contributed by atoms with Gasteiger partial charge in [-0.15, -0.1) is 0 Å². The van der Waals surface area contributed by atoms with Gasteiger partial charge in [-0.1, -0.05) is 23.7 Å². The first kappa shape index (κ1) is 17.6. The summed E-state index contributed by atoms with van der Waals surface area (Å²) in [6.45, 7) is 1.23. The van der Waals surface area contributed by atoms with Crippen molar-refractivity contribution < 1.29 is 13.9 Å². The third kappa shape index (κ3) is 2.99.